The van der Waals surface area contributed by atoms with Crippen LogP contribution in [0.4, 0.5) is 0 Å². The summed E-state index contributed by atoms with van der Waals surface area (Å²) in [5.41, 5.74) is 0. The molecule has 0 spiro atoms. The fourth-order valence-electron chi connectivity index (χ4n) is 6.86. The molecule has 0 rings (SSSR count). The van der Waals surface area contributed by atoms with Crippen molar-refractivity contribution in [1.82, 2.24) is 0 Å². The molecule has 1 atom stereocenters. The van der Waals surface area contributed by atoms with Gasteiger partial charge in [0.2, 0.25) is 0 Å². The van der Waals surface area contributed by atoms with Crippen LogP contribution in [0.1, 0.15) is 245 Å². The molecule has 0 saturated carbocycles. The Hall–Kier alpha value is -2.37. The van der Waals surface area contributed by atoms with Gasteiger partial charge in [-0.05, 0) is 32.1 Å². The van der Waals surface area contributed by atoms with Crippen molar-refractivity contribution < 1.29 is 28.6 Å². The van der Waals surface area contributed by atoms with E-state index in [0.717, 1.165) is 57.8 Å². The molecule has 0 aliphatic heterocycles. The van der Waals surface area contributed by atoms with Gasteiger partial charge in [-0.25, -0.2) is 0 Å². The number of rotatable bonds is 43. The molecule has 0 radical (unpaired) electrons. The third-order valence-corrected chi connectivity index (χ3v) is 10.4. The summed E-state index contributed by atoms with van der Waals surface area (Å²) in [7, 11) is 0. The van der Waals surface area contributed by atoms with Crippen LogP contribution in [0.5, 0.6) is 0 Å². The van der Waals surface area contributed by atoms with E-state index in [0.29, 0.717) is 12.8 Å². The van der Waals surface area contributed by atoms with E-state index in [4.69, 9.17) is 14.2 Å². The van der Waals surface area contributed by atoms with Crippen LogP contribution in [0, 0.1) is 0 Å². The van der Waals surface area contributed by atoms with Crippen molar-refractivity contribution in [3.05, 3.63) is 36.5 Å². The van der Waals surface area contributed by atoms with Gasteiger partial charge < -0.3 is 14.2 Å². The molecule has 0 N–H and O–H groups in total. The van der Waals surface area contributed by atoms with Gasteiger partial charge in [-0.2, -0.15) is 0 Å². The quantitative estimate of drug-likeness (QED) is 0.0265. The lowest BCUT2D eigenvalue weighted by Crippen LogP contribution is -2.30. The number of carbonyl (C=O) groups excluding carboxylic acids is 3. The SMILES string of the molecule is CC/C=C\C/C=C\C/C=C\CC(=O)OCC(COC(=O)CCCCCCCCCCCCCCCCCCCC)OC(=O)CCCCCCCCCCCCC. The molecule has 0 fully saturated rings. The molecule has 56 heavy (non-hydrogen) atoms. The Labute approximate surface area is 346 Å². The number of esters is 3. The molecule has 0 amide bonds. The van der Waals surface area contributed by atoms with Crippen molar-refractivity contribution in [1.29, 1.82) is 0 Å². The van der Waals surface area contributed by atoms with Crippen LogP contribution in [-0.2, 0) is 28.6 Å². The molecule has 326 valence electrons. The Bertz CT molecular complexity index is 953. The Morgan fingerprint density at radius 1 is 0.375 bits per heavy atom. The number of allylic oxidation sites excluding steroid dienone is 5. The largest absolute Gasteiger partial charge is 0.462 e. The minimum Gasteiger partial charge on any atom is -0.462 e. The molecule has 0 aliphatic carbocycles. The molecule has 0 aromatic heterocycles. The molecule has 0 aromatic carbocycles. The number of ether oxygens (including phenoxy) is 3. The van der Waals surface area contributed by atoms with E-state index in [-0.39, 0.29) is 31.6 Å². The molecule has 6 nitrogen and oxygen atoms in total. The predicted molar refractivity (Wildman–Crippen MR) is 238 cm³/mol. The van der Waals surface area contributed by atoms with Crippen LogP contribution in [0.2, 0.25) is 0 Å². The summed E-state index contributed by atoms with van der Waals surface area (Å²) < 4.78 is 16.6. The highest BCUT2D eigenvalue weighted by molar-refractivity contribution is 5.72. The van der Waals surface area contributed by atoms with Crippen LogP contribution >= 0.6 is 0 Å². The minimum atomic E-state index is -0.800. The van der Waals surface area contributed by atoms with Gasteiger partial charge >= 0.3 is 17.9 Å². The van der Waals surface area contributed by atoms with Gasteiger partial charge in [-0.1, -0.05) is 231 Å². The van der Waals surface area contributed by atoms with Gasteiger partial charge in [0.15, 0.2) is 6.10 Å². The van der Waals surface area contributed by atoms with Gasteiger partial charge in [-0.15, -0.1) is 0 Å². The van der Waals surface area contributed by atoms with E-state index in [2.05, 4.69) is 45.1 Å². The number of unbranched alkanes of at least 4 members (excludes halogenated alkanes) is 27. The standard InChI is InChI=1S/C50H90O6/c1-4-7-10-13-16-19-21-22-23-24-25-26-27-29-31-34-37-40-43-49(52)55-46-47(45-54-48(51)42-39-36-33-30-18-15-12-9-6-3)56-50(53)44-41-38-35-32-28-20-17-14-11-8-5-2/h9,12,18,30,36,39,47H,4-8,10-11,13-17,19-29,31-35,37-38,40-46H2,1-3H3/b12-9-,30-18-,39-36-. The summed E-state index contributed by atoms with van der Waals surface area (Å²) in [6, 6.07) is 0. The van der Waals surface area contributed by atoms with Gasteiger partial charge in [0.1, 0.15) is 13.2 Å². The van der Waals surface area contributed by atoms with E-state index in [1.165, 1.54) is 148 Å². The first-order valence-corrected chi connectivity index (χ1v) is 24.0. The Morgan fingerprint density at radius 3 is 1.09 bits per heavy atom. The minimum absolute atomic E-state index is 0.0950. The van der Waals surface area contributed by atoms with E-state index >= 15 is 0 Å². The lowest BCUT2D eigenvalue weighted by molar-refractivity contribution is -0.166. The zero-order valence-corrected chi connectivity index (χ0v) is 37.2. The molecule has 0 saturated heterocycles. The second-order valence-corrected chi connectivity index (χ2v) is 16.0. The summed E-state index contributed by atoms with van der Waals surface area (Å²) in [4.78, 5) is 37.6. The highest BCUT2D eigenvalue weighted by Crippen LogP contribution is 2.16. The van der Waals surface area contributed by atoms with Gasteiger partial charge in [0, 0.05) is 12.8 Å². The van der Waals surface area contributed by atoms with E-state index in [1.807, 2.05) is 6.08 Å². The van der Waals surface area contributed by atoms with Gasteiger partial charge in [-0.3, -0.25) is 14.4 Å². The maximum absolute atomic E-state index is 12.7. The van der Waals surface area contributed by atoms with Gasteiger partial charge in [0.25, 0.3) is 0 Å². The van der Waals surface area contributed by atoms with Crippen molar-refractivity contribution in [3.63, 3.8) is 0 Å². The van der Waals surface area contributed by atoms with Crippen molar-refractivity contribution in [2.75, 3.05) is 13.2 Å². The molecule has 6 heteroatoms. The monoisotopic (exact) mass is 787 g/mol. The number of hydrogen-bond donors (Lipinski definition) is 0. The molecular weight excluding hydrogens is 697 g/mol. The highest BCUT2D eigenvalue weighted by atomic mass is 16.6. The lowest BCUT2D eigenvalue weighted by atomic mass is 10.0. The Morgan fingerprint density at radius 2 is 0.696 bits per heavy atom. The maximum atomic E-state index is 12.7. The first-order valence-electron chi connectivity index (χ1n) is 24.0. The summed E-state index contributed by atoms with van der Waals surface area (Å²) in [6.45, 7) is 6.43. The highest BCUT2D eigenvalue weighted by Gasteiger charge is 2.19. The van der Waals surface area contributed by atoms with E-state index in [1.54, 1.807) is 6.08 Å². The van der Waals surface area contributed by atoms with Crippen LogP contribution in [0.3, 0.4) is 0 Å². The summed E-state index contributed by atoms with van der Waals surface area (Å²) in [5, 5.41) is 0. The number of carbonyl (C=O) groups is 3. The van der Waals surface area contributed by atoms with Gasteiger partial charge in [0.05, 0.1) is 6.42 Å². The van der Waals surface area contributed by atoms with Crippen molar-refractivity contribution >= 4 is 17.9 Å². The molecule has 0 heterocycles. The average Bonchev–Trinajstić information content (AvgIpc) is 3.19. The molecule has 0 aliphatic rings. The number of hydrogen-bond acceptors (Lipinski definition) is 6. The van der Waals surface area contributed by atoms with Crippen LogP contribution in [0.25, 0.3) is 0 Å². The third-order valence-electron chi connectivity index (χ3n) is 10.4. The summed E-state index contributed by atoms with van der Waals surface area (Å²) in [5.74, 6) is -1.02. The van der Waals surface area contributed by atoms with Crippen LogP contribution in [-0.4, -0.2) is 37.2 Å². The Kier molecular flexibility index (Phi) is 43.4. The average molecular weight is 787 g/mol. The fourth-order valence-corrected chi connectivity index (χ4v) is 6.86. The zero-order chi connectivity index (χ0) is 40.8. The van der Waals surface area contributed by atoms with Crippen molar-refractivity contribution in [2.24, 2.45) is 0 Å². The first kappa shape index (κ1) is 53.6. The predicted octanol–water partition coefficient (Wildman–Crippen LogP) is 15.4. The molecule has 0 aromatic rings. The normalized spacial score (nSPS) is 12.3. The summed E-state index contributed by atoms with van der Waals surface area (Å²) in [6.07, 6.45) is 51.7. The second kappa shape index (κ2) is 45.3. The molecular formula is C50H90O6. The zero-order valence-electron chi connectivity index (χ0n) is 37.2. The topological polar surface area (TPSA) is 78.9 Å². The lowest BCUT2D eigenvalue weighted by Gasteiger charge is -2.18. The second-order valence-electron chi connectivity index (χ2n) is 16.0. The Balaban J connectivity index is 4.29. The van der Waals surface area contributed by atoms with Crippen LogP contribution < -0.4 is 0 Å². The fraction of sp³-hybridized carbons (Fsp3) is 0.820. The molecule has 1 unspecified atom stereocenters. The van der Waals surface area contributed by atoms with E-state index in [9.17, 15) is 14.4 Å². The molecule has 0 bridgehead atoms. The summed E-state index contributed by atoms with van der Waals surface area (Å²) >= 11 is 0. The van der Waals surface area contributed by atoms with Crippen molar-refractivity contribution in [2.45, 2.75) is 252 Å². The first-order chi connectivity index (χ1) is 27.5. The third kappa shape index (κ3) is 42.8. The maximum Gasteiger partial charge on any atom is 0.309 e. The van der Waals surface area contributed by atoms with E-state index < -0.39 is 12.1 Å². The smallest absolute Gasteiger partial charge is 0.309 e. The van der Waals surface area contributed by atoms with Crippen molar-refractivity contribution in [3.8, 4) is 0 Å². The van der Waals surface area contributed by atoms with Crippen LogP contribution in [0.15, 0.2) is 36.5 Å².